The minimum atomic E-state index is -3.72. The van der Waals surface area contributed by atoms with Crippen molar-refractivity contribution < 1.29 is 22.7 Å². The predicted molar refractivity (Wildman–Crippen MR) is 119 cm³/mol. The van der Waals surface area contributed by atoms with Crippen molar-refractivity contribution in [3.63, 3.8) is 0 Å². The smallest absolute Gasteiger partial charge is 0.241 e. The van der Waals surface area contributed by atoms with Crippen LogP contribution in [0.25, 0.3) is 0 Å². The van der Waals surface area contributed by atoms with Gasteiger partial charge in [0.1, 0.15) is 12.4 Å². The summed E-state index contributed by atoms with van der Waals surface area (Å²) in [6.45, 7) is 6.08. The number of amides is 2. The Morgan fingerprint density at radius 2 is 1.81 bits per heavy atom. The van der Waals surface area contributed by atoms with Crippen LogP contribution in [-0.2, 0) is 19.6 Å². The van der Waals surface area contributed by atoms with Gasteiger partial charge in [0.2, 0.25) is 21.8 Å². The topological polar surface area (TPSA) is 105 Å². The van der Waals surface area contributed by atoms with Crippen molar-refractivity contribution in [2.75, 3.05) is 23.4 Å². The molecule has 31 heavy (non-hydrogen) atoms. The zero-order valence-corrected chi connectivity index (χ0v) is 18.7. The summed E-state index contributed by atoms with van der Waals surface area (Å²) in [5.41, 5.74) is 0.422. The van der Waals surface area contributed by atoms with Gasteiger partial charge >= 0.3 is 0 Å². The number of carbonyl (C=O) groups is 2. The average molecular weight is 446 g/mol. The van der Waals surface area contributed by atoms with Crippen LogP contribution in [0, 0.1) is 0 Å². The number of rotatable bonds is 6. The molecule has 2 amide bonds. The first-order valence-electron chi connectivity index (χ1n) is 10.0. The zero-order chi connectivity index (χ0) is 22.6. The van der Waals surface area contributed by atoms with Gasteiger partial charge in [0.05, 0.1) is 17.1 Å². The van der Waals surface area contributed by atoms with Crippen LogP contribution in [0.3, 0.4) is 0 Å². The van der Waals surface area contributed by atoms with Gasteiger partial charge in [0, 0.05) is 24.1 Å². The normalized spacial score (nSPS) is 13.8. The van der Waals surface area contributed by atoms with Crippen LogP contribution < -0.4 is 19.7 Å². The van der Waals surface area contributed by atoms with Gasteiger partial charge in [-0.1, -0.05) is 18.2 Å². The maximum Gasteiger partial charge on any atom is 0.241 e. The highest BCUT2D eigenvalue weighted by Gasteiger charge is 2.24. The average Bonchev–Trinajstić information content (AvgIpc) is 2.70. The Morgan fingerprint density at radius 1 is 1.06 bits per heavy atom. The Balaban J connectivity index is 1.60. The quantitative estimate of drug-likeness (QED) is 0.711. The van der Waals surface area contributed by atoms with E-state index in [2.05, 4.69) is 10.0 Å². The molecule has 2 aromatic rings. The summed E-state index contributed by atoms with van der Waals surface area (Å²) in [7, 11) is -3.72. The fraction of sp³-hybridized carbons (Fsp3) is 0.364. The monoisotopic (exact) mass is 445 g/mol. The van der Waals surface area contributed by atoms with Crippen LogP contribution in [0.5, 0.6) is 5.75 Å². The molecule has 0 saturated carbocycles. The van der Waals surface area contributed by atoms with E-state index in [1.54, 1.807) is 43.9 Å². The van der Waals surface area contributed by atoms with Crippen LogP contribution in [-0.4, -0.2) is 38.9 Å². The number of ether oxygens (including phenoxy) is 1. The van der Waals surface area contributed by atoms with Crippen molar-refractivity contribution in [2.24, 2.45) is 0 Å². The van der Waals surface area contributed by atoms with Crippen LogP contribution >= 0.6 is 0 Å². The lowest BCUT2D eigenvalue weighted by Gasteiger charge is -2.29. The number of nitrogens with zero attached hydrogens (tertiary/aromatic N) is 1. The van der Waals surface area contributed by atoms with Crippen molar-refractivity contribution in [2.45, 2.75) is 44.0 Å². The molecule has 0 bridgehead atoms. The van der Waals surface area contributed by atoms with Gasteiger partial charge in [-0.3, -0.25) is 9.59 Å². The molecule has 8 nitrogen and oxygen atoms in total. The lowest BCUT2D eigenvalue weighted by atomic mass is 10.1. The molecule has 0 atom stereocenters. The number of anilines is 2. The lowest BCUT2D eigenvalue weighted by Crippen LogP contribution is -2.40. The first-order chi connectivity index (χ1) is 14.5. The van der Waals surface area contributed by atoms with Gasteiger partial charge in [-0.15, -0.1) is 0 Å². The lowest BCUT2D eigenvalue weighted by molar-refractivity contribution is -0.122. The van der Waals surface area contributed by atoms with E-state index < -0.39 is 15.6 Å². The van der Waals surface area contributed by atoms with E-state index in [4.69, 9.17) is 4.74 Å². The van der Waals surface area contributed by atoms with Gasteiger partial charge in [-0.25, -0.2) is 13.1 Å². The van der Waals surface area contributed by atoms with Crippen molar-refractivity contribution in [3.8, 4) is 5.75 Å². The van der Waals surface area contributed by atoms with Crippen LogP contribution in [0.4, 0.5) is 11.4 Å². The molecule has 0 saturated heterocycles. The molecule has 0 unspecified atom stereocenters. The highest BCUT2D eigenvalue weighted by Crippen LogP contribution is 2.31. The molecule has 3 rings (SSSR count). The Labute approximate surface area is 182 Å². The Morgan fingerprint density at radius 3 is 2.55 bits per heavy atom. The molecule has 166 valence electrons. The predicted octanol–water partition coefficient (Wildman–Crippen LogP) is 2.91. The van der Waals surface area contributed by atoms with Crippen molar-refractivity contribution in [1.29, 1.82) is 0 Å². The third kappa shape index (κ3) is 6.05. The van der Waals surface area contributed by atoms with Gasteiger partial charge in [0.25, 0.3) is 0 Å². The summed E-state index contributed by atoms with van der Waals surface area (Å²) in [6.07, 6.45) is 0.0132. The summed E-state index contributed by atoms with van der Waals surface area (Å²) in [4.78, 5) is 26.7. The number of benzene rings is 2. The van der Waals surface area contributed by atoms with Crippen molar-refractivity contribution in [3.05, 3.63) is 48.5 Å². The van der Waals surface area contributed by atoms with Gasteiger partial charge in [0.15, 0.2) is 0 Å². The standard InChI is InChI=1S/C22H27N3O5S/c1-22(2,3)24-31(28,29)17-8-6-7-16(15-17)23-20(26)11-12-21(27)25-13-14-30-19-10-5-4-9-18(19)25/h4-10,15,24H,11-14H2,1-3H3,(H,23,26). The molecule has 2 aromatic carbocycles. The maximum atomic E-state index is 12.6. The third-order valence-electron chi connectivity index (χ3n) is 4.46. The molecule has 0 fully saturated rings. The number of hydrogen-bond acceptors (Lipinski definition) is 5. The fourth-order valence-corrected chi connectivity index (χ4v) is 4.67. The second-order valence-electron chi connectivity index (χ2n) is 8.29. The van der Waals surface area contributed by atoms with Gasteiger partial charge < -0.3 is 15.0 Å². The second-order valence-corrected chi connectivity index (χ2v) is 9.98. The number of para-hydroxylation sites is 2. The highest BCUT2D eigenvalue weighted by atomic mass is 32.2. The number of fused-ring (bicyclic) bond motifs is 1. The van der Waals surface area contributed by atoms with Gasteiger partial charge in [-0.2, -0.15) is 0 Å². The van der Waals surface area contributed by atoms with Gasteiger partial charge in [-0.05, 0) is 51.1 Å². The molecule has 1 aliphatic heterocycles. The van der Waals surface area contributed by atoms with E-state index in [-0.39, 0.29) is 29.6 Å². The molecular formula is C22H27N3O5S. The minimum absolute atomic E-state index is 0.0183. The van der Waals surface area contributed by atoms with Crippen LogP contribution in [0.15, 0.2) is 53.4 Å². The largest absolute Gasteiger partial charge is 0.490 e. The SMILES string of the molecule is CC(C)(C)NS(=O)(=O)c1cccc(NC(=O)CCC(=O)N2CCOc3ccccc32)c1. The summed E-state index contributed by atoms with van der Waals surface area (Å²) < 4.78 is 33.1. The summed E-state index contributed by atoms with van der Waals surface area (Å²) >= 11 is 0. The Kier molecular flexibility index (Phi) is 6.66. The van der Waals surface area contributed by atoms with E-state index >= 15 is 0 Å². The maximum absolute atomic E-state index is 12.6. The third-order valence-corrected chi connectivity index (χ3v) is 6.22. The Hall–Kier alpha value is -2.91. The number of sulfonamides is 1. The van der Waals surface area contributed by atoms with E-state index in [9.17, 15) is 18.0 Å². The van der Waals surface area contributed by atoms with E-state index in [0.29, 0.717) is 30.3 Å². The molecular weight excluding hydrogens is 418 g/mol. The molecule has 0 aliphatic carbocycles. The Bertz CT molecular complexity index is 1080. The van der Waals surface area contributed by atoms with Crippen LogP contribution in [0.1, 0.15) is 33.6 Å². The van der Waals surface area contributed by atoms with E-state index in [0.717, 1.165) is 0 Å². The highest BCUT2D eigenvalue weighted by molar-refractivity contribution is 7.89. The summed E-state index contributed by atoms with van der Waals surface area (Å²) in [5, 5.41) is 2.67. The first kappa shape index (κ1) is 22.8. The molecule has 0 spiro atoms. The molecule has 1 heterocycles. The van der Waals surface area contributed by atoms with Crippen molar-refractivity contribution in [1.82, 2.24) is 4.72 Å². The molecule has 0 aromatic heterocycles. The fourth-order valence-electron chi connectivity index (χ4n) is 3.21. The van der Waals surface area contributed by atoms with E-state index in [1.165, 1.54) is 12.1 Å². The number of carbonyl (C=O) groups excluding carboxylic acids is 2. The number of hydrogen-bond donors (Lipinski definition) is 2. The molecule has 9 heteroatoms. The second kappa shape index (κ2) is 9.07. The van der Waals surface area contributed by atoms with E-state index in [1.807, 2.05) is 18.2 Å². The first-order valence-corrected chi connectivity index (χ1v) is 11.5. The van der Waals surface area contributed by atoms with Crippen LogP contribution in [0.2, 0.25) is 0 Å². The summed E-state index contributed by atoms with van der Waals surface area (Å²) in [6, 6.07) is 13.3. The molecule has 1 aliphatic rings. The number of nitrogens with one attached hydrogen (secondary N) is 2. The van der Waals surface area contributed by atoms with Crippen molar-refractivity contribution >= 4 is 33.2 Å². The summed E-state index contributed by atoms with van der Waals surface area (Å²) in [5.74, 6) is 0.110. The molecule has 0 radical (unpaired) electrons. The minimum Gasteiger partial charge on any atom is -0.490 e. The molecule has 2 N–H and O–H groups in total. The zero-order valence-electron chi connectivity index (χ0n) is 17.8.